The van der Waals surface area contributed by atoms with E-state index in [1.807, 2.05) is 0 Å². The molecule has 0 radical (unpaired) electrons. The van der Waals surface area contributed by atoms with Gasteiger partial charge in [0.15, 0.2) is 0 Å². The average molecular weight is 428 g/mol. The van der Waals surface area contributed by atoms with E-state index in [-0.39, 0.29) is 13.1 Å². The maximum atomic E-state index is 14.3. The number of allylic oxidation sites excluding steroid dienone is 2. The van der Waals surface area contributed by atoms with Crippen LogP contribution in [-0.4, -0.2) is 48.1 Å². The number of carbonyl (C=O) groups is 1. The van der Waals surface area contributed by atoms with Gasteiger partial charge in [0.25, 0.3) is 5.92 Å². The Balaban J connectivity index is 1.64. The first kappa shape index (κ1) is 22.4. The van der Waals surface area contributed by atoms with Gasteiger partial charge in [0.1, 0.15) is 5.82 Å². The van der Waals surface area contributed by atoms with Crippen LogP contribution in [-0.2, 0) is 11.3 Å². The number of halogens is 3. The van der Waals surface area contributed by atoms with E-state index in [4.69, 9.17) is 0 Å². The Morgan fingerprint density at radius 3 is 2.58 bits per heavy atom. The van der Waals surface area contributed by atoms with Crippen LogP contribution in [0, 0.1) is 5.82 Å². The van der Waals surface area contributed by atoms with Gasteiger partial charge in [-0.25, -0.2) is 13.2 Å². The molecule has 2 aromatic rings. The zero-order valence-corrected chi connectivity index (χ0v) is 17.3. The number of rotatable bonds is 7. The maximum absolute atomic E-state index is 14.3. The Labute approximate surface area is 179 Å². The van der Waals surface area contributed by atoms with Crippen molar-refractivity contribution in [2.75, 3.05) is 25.5 Å². The predicted molar refractivity (Wildman–Crippen MR) is 117 cm³/mol. The van der Waals surface area contributed by atoms with Gasteiger partial charge in [-0.05, 0) is 36.3 Å². The summed E-state index contributed by atoms with van der Waals surface area (Å²) in [5, 5.41) is 2.72. The van der Waals surface area contributed by atoms with Crippen LogP contribution in [0.3, 0.4) is 0 Å². The largest absolute Gasteiger partial charge is 0.323 e. The van der Waals surface area contributed by atoms with Gasteiger partial charge < -0.3 is 5.32 Å². The maximum Gasteiger partial charge on any atom is 0.272 e. The van der Waals surface area contributed by atoms with Crippen molar-refractivity contribution in [1.29, 1.82) is 0 Å². The van der Waals surface area contributed by atoms with Crippen LogP contribution in [0.1, 0.15) is 23.6 Å². The number of nitrogens with zero attached hydrogens (tertiary/aromatic N) is 3. The lowest BCUT2D eigenvalue weighted by Crippen LogP contribution is -2.55. The molecule has 3 rings (SSSR count). The molecular weight excluding hydrogens is 405 g/mol. The molecule has 0 atom stereocenters. The fraction of sp³-hybridized carbons (Fsp3) is 0.261. The smallest absolute Gasteiger partial charge is 0.272 e. The zero-order chi connectivity index (χ0) is 22.4. The van der Waals surface area contributed by atoms with Crippen LogP contribution >= 0.6 is 0 Å². The molecule has 31 heavy (non-hydrogen) atoms. The summed E-state index contributed by atoms with van der Waals surface area (Å²) in [7, 11) is 1.59. The molecule has 1 amide bonds. The molecule has 1 fully saturated rings. The number of amides is 1. The fourth-order valence-corrected chi connectivity index (χ4v) is 3.32. The van der Waals surface area contributed by atoms with E-state index in [2.05, 4.69) is 15.3 Å². The Hall–Kier alpha value is -3.26. The second kappa shape index (κ2) is 9.70. The number of benzene rings is 1. The minimum absolute atomic E-state index is 0.230. The summed E-state index contributed by atoms with van der Waals surface area (Å²) in [6.45, 7) is 1.75. The summed E-state index contributed by atoms with van der Waals surface area (Å²) in [4.78, 5) is 21.7. The van der Waals surface area contributed by atoms with Gasteiger partial charge in [-0.15, -0.1) is 0 Å². The molecule has 0 aliphatic carbocycles. The Morgan fingerprint density at radius 2 is 1.97 bits per heavy atom. The van der Waals surface area contributed by atoms with Gasteiger partial charge in [-0.2, -0.15) is 0 Å². The number of carbonyl (C=O) groups excluding carboxylic acids is 1. The summed E-state index contributed by atoms with van der Waals surface area (Å²) in [5.74, 6) is -3.49. The topological polar surface area (TPSA) is 57.6 Å². The second-order valence-electron chi connectivity index (χ2n) is 7.24. The quantitative estimate of drug-likeness (QED) is 0.524. The number of hydrogen-bond acceptors (Lipinski definition) is 4. The van der Waals surface area contributed by atoms with Crippen LogP contribution in [0.15, 0.2) is 53.8 Å². The molecule has 8 heteroatoms. The molecule has 1 aliphatic heterocycles. The number of hydrogen-bond donors (Lipinski definition) is 1. The third kappa shape index (κ3) is 5.88. The molecule has 0 saturated carbocycles. The number of anilines is 1. The second-order valence-corrected chi connectivity index (χ2v) is 7.24. The first-order chi connectivity index (χ1) is 14.8. The van der Waals surface area contributed by atoms with Crippen molar-refractivity contribution in [1.82, 2.24) is 9.88 Å². The number of aliphatic imine (C=N–C) groups is 1. The van der Waals surface area contributed by atoms with Gasteiger partial charge >= 0.3 is 0 Å². The highest BCUT2D eigenvalue weighted by Crippen LogP contribution is 2.28. The monoisotopic (exact) mass is 428 g/mol. The molecule has 1 aromatic carbocycles. The summed E-state index contributed by atoms with van der Waals surface area (Å²) in [6.07, 6.45) is 8.65. The van der Waals surface area contributed by atoms with Crippen molar-refractivity contribution in [2.45, 2.75) is 19.4 Å². The molecule has 0 bridgehead atoms. The minimum Gasteiger partial charge on any atom is -0.323 e. The first-order valence-corrected chi connectivity index (χ1v) is 9.72. The van der Waals surface area contributed by atoms with Crippen LogP contribution in [0.5, 0.6) is 0 Å². The van der Waals surface area contributed by atoms with E-state index in [1.54, 1.807) is 55.4 Å². The number of pyridine rings is 1. The SMILES string of the molecule is C/C=C(\C=N/C)c1c(F)cncc1/C=C/C(=O)Nc1ccc(CN2CC(F)(F)C2)cc1. The zero-order valence-electron chi connectivity index (χ0n) is 17.3. The Kier molecular flexibility index (Phi) is 7.02. The molecule has 5 nitrogen and oxygen atoms in total. The van der Waals surface area contributed by atoms with Crippen molar-refractivity contribution < 1.29 is 18.0 Å². The van der Waals surface area contributed by atoms with Crippen LogP contribution in [0.2, 0.25) is 0 Å². The highest BCUT2D eigenvalue weighted by Gasteiger charge is 2.43. The van der Waals surface area contributed by atoms with Crippen molar-refractivity contribution >= 4 is 29.5 Å². The lowest BCUT2D eigenvalue weighted by Gasteiger charge is -2.38. The minimum atomic E-state index is -2.59. The predicted octanol–water partition coefficient (Wildman–Crippen LogP) is 4.43. The van der Waals surface area contributed by atoms with E-state index in [1.165, 1.54) is 18.3 Å². The fourth-order valence-electron chi connectivity index (χ4n) is 3.32. The van der Waals surface area contributed by atoms with Crippen molar-refractivity contribution in [3.05, 3.63) is 71.3 Å². The van der Waals surface area contributed by atoms with E-state index in [0.717, 1.165) is 11.8 Å². The molecule has 0 spiro atoms. The lowest BCUT2D eigenvalue weighted by molar-refractivity contribution is -0.133. The number of nitrogens with one attached hydrogen (secondary N) is 1. The summed E-state index contributed by atoms with van der Waals surface area (Å²) >= 11 is 0. The average Bonchev–Trinajstić information content (AvgIpc) is 2.71. The molecular formula is C23H23F3N4O. The molecule has 1 N–H and O–H groups in total. The van der Waals surface area contributed by atoms with Crippen LogP contribution in [0.25, 0.3) is 11.6 Å². The summed E-state index contributed by atoms with van der Waals surface area (Å²) in [6, 6.07) is 6.99. The van der Waals surface area contributed by atoms with Gasteiger partial charge in [0.05, 0.1) is 19.3 Å². The lowest BCUT2D eigenvalue weighted by atomic mass is 10.0. The Morgan fingerprint density at radius 1 is 1.26 bits per heavy atom. The van der Waals surface area contributed by atoms with Gasteiger partial charge in [-0.3, -0.25) is 19.7 Å². The number of alkyl halides is 2. The molecule has 1 aromatic heterocycles. The van der Waals surface area contributed by atoms with Crippen molar-refractivity contribution in [2.24, 2.45) is 4.99 Å². The number of likely N-dealkylation sites (tertiary alicyclic amines) is 1. The summed E-state index contributed by atoms with van der Waals surface area (Å²) in [5.41, 5.74) is 2.80. The molecule has 1 saturated heterocycles. The molecule has 162 valence electrons. The number of aromatic nitrogens is 1. The van der Waals surface area contributed by atoms with Crippen LogP contribution < -0.4 is 5.32 Å². The van der Waals surface area contributed by atoms with Gasteiger partial charge in [0, 0.05) is 48.9 Å². The standard InChI is InChI=1S/C23H23F3N4O/c1-3-17(10-27-2)22-18(11-28-12-20(22)24)6-9-21(31)29-19-7-4-16(5-8-19)13-30-14-23(25,26)15-30/h3-12H,13-15H2,1-2H3,(H,29,31)/b9-6+,17-3+,27-10-. The molecule has 0 unspecified atom stereocenters. The van der Waals surface area contributed by atoms with E-state index >= 15 is 0 Å². The van der Waals surface area contributed by atoms with Crippen molar-refractivity contribution in [3.8, 4) is 0 Å². The highest BCUT2D eigenvalue weighted by atomic mass is 19.3. The Bertz CT molecular complexity index is 1020. The third-order valence-electron chi connectivity index (χ3n) is 4.75. The third-order valence-corrected chi connectivity index (χ3v) is 4.75. The van der Waals surface area contributed by atoms with E-state index < -0.39 is 17.6 Å². The van der Waals surface area contributed by atoms with Gasteiger partial charge in [-0.1, -0.05) is 18.2 Å². The molecule has 2 heterocycles. The van der Waals surface area contributed by atoms with E-state index in [0.29, 0.717) is 28.9 Å². The normalized spacial score (nSPS) is 16.6. The highest BCUT2D eigenvalue weighted by molar-refractivity contribution is 6.11. The van der Waals surface area contributed by atoms with E-state index in [9.17, 15) is 18.0 Å². The molecule has 1 aliphatic rings. The van der Waals surface area contributed by atoms with Crippen molar-refractivity contribution in [3.63, 3.8) is 0 Å². The first-order valence-electron chi connectivity index (χ1n) is 9.72. The van der Waals surface area contributed by atoms with Gasteiger partial charge in [0.2, 0.25) is 5.91 Å². The van der Waals surface area contributed by atoms with Crippen LogP contribution in [0.4, 0.5) is 18.9 Å². The summed E-state index contributed by atoms with van der Waals surface area (Å²) < 4.78 is 40.2.